The Morgan fingerprint density at radius 2 is 0.852 bits per heavy atom. The molecule has 0 aromatic heterocycles. The summed E-state index contributed by atoms with van der Waals surface area (Å²) in [5.74, 6) is 0. The van der Waals surface area contributed by atoms with Crippen molar-refractivity contribution in [1.82, 2.24) is 0 Å². The summed E-state index contributed by atoms with van der Waals surface area (Å²) in [6, 6.07) is 0. The molecule has 0 unspecified atom stereocenters. The summed E-state index contributed by atoms with van der Waals surface area (Å²) < 4.78 is 0. The molecule has 0 atom stereocenters. The third kappa shape index (κ3) is 13.9. The molecule has 0 heterocycles. The van der Waals surface area contributed by atoms with Crippen LogP contribution in [-0.2, 0) is 0 Å². The molecule has 0 radical (unpaired) electrons. The fourth-order valence-corrected chi connectivity index (χ4v) is 10.6. The SMILES string of the molecule is C=CCP(C)(CCCC)(CCCC)CCCCCCCCCCCCCC. The van der Waals surface area contributed by atoms with E-state index in [1.165, 1.54) is 127 Å². The van der Waals surface area contributed by atoms with Crippen molar-refractivity contribution in [1.29, 1.82) is 0 Å². The predicted molar refractivity (Wildman–Crippen MR) is 133 cm³/mol. The van der Waals surface area contributed by atoms with E-state index < -0.39 is 6.60 Å². The third-order valence-electron chi connectivity index (χ3n) is 6.83. The molecule has 0 aromatic carbocycles. The molecule has 0 spiro atoms. The van der Waals surface area contributed by atoms with E-state index in [1.54, 1.807) is 0 Å². The summed E-state index contributed by atoms with van der Waals surface area (Å²) in [7, 11) is 0. The molecule has 0 aliphatic heterocycles. The Morgan fingerprint density at radius 3 is 1.22 bits per heavy atom. The van der Waals surface area contributed by atoms with Crippen LogP contribution in [0.25, 0.3) is 0 Å². The summed E-state index contributed by atoms with van der Waals surface area (Å²) in [6.07, 6.45) is 31.3. The number of unbranched alkanes of at least 4 members (excludes halogenated alkanes) is 13. The van der Waals surface area contributed by atoms with Gasteiger partial charge in [0.2, 0.25) is 0 Å². The molecule has 0 aliphatic carbocycles. The maximum absolute atomic E-state index is 4.15. The molecule has 0 bridgehead atoms. The number of hydrogen-bond acceptors (Lipinski definition) is 0. The van der Waals surface area contributed by atoms with Crippen LogP contribution >= 0.6 is 6.60 Å². The fraction of sp³-hybridized carbons (Fsp3) is 0.923. The van der Waals surface area contributed by atoms with Crippen molar-refractivity contribution in [2.75, 3.05) is 31.3 Å². The second kappa shape index (κ2) is 17.1. The van der Waals surface area contributed by atoms with Crippen LogP contribution < -0.4 is 0 Å². The van der Waals surface area contributed by atoms with Gasteiger partial charge in [0.15, 0.2) is 0 Å². The van der Waals surface area contributed by atoms with Crippen molar-refractivity contribution >= 4 is 6.60 Å². The van der Waals surface area contributed by atoms with Crippen molar-refractivity contribution in [3.63, 3.8) is 0 Å². The number of rotatable bonds is 21. The van der Waals surface area contributed by atoms with Gasteiger partial charge in [-0.1, -0.05) is 13.3 Å². The minimum absolute atomic E-state index is 1.34. The van der Waals surface area contributed by atoms with E-state index in [9.17, 15) is 0 Å². The van der Waals surface area contributed by atoms with Gasteiger partial charge in [-0.3, -0.25) is 0 Å². The molecule has 164 valence electrons. The van der Waals surface area contributed by atoms with E-state index in [-0.39, 0.29) is 0 Å². The Morgan fingerprint density at radius 1 is 0.519 bits per heavy atom. The van der Waals surface area contributed by atoms with Gasteiger partial charge in [-0.15, -0.1) is 0 Å². The van der Waals surface area contributed by atoms with Gasteiger partial charge in [-0.05, 0) is 0 Å². The van der Waals surface area contributed by atoms with E-state index in [1.807, 2.05) is 0 Å². The standard InChI is InChI=1S/C26H55P/c1-6-10-13-14-15-16-17-18-19-20-21-22-26-27(5,23-9-4,24-11-7-2)25-12-8-3/h9H,4,6-8,10-26H2,1-3,5H3. The van der Waals surface area contributed by atoms with E-state index in [0.29, 0.717) is 0 Å². The quantitative estimate of drug-likeness (QED) is 0.102. The van der Waals surface area contributed by atoms with Crippen LogP contribution in [0.3, 0.4) is 0 Å². The van der Waals surface area contributed by atoms with Crippen molar-refractivity contribution in [3.05, 3.63) is 12.7 Å². The second-order valence-electron chi connectivity index (χ2n) is 9.84. The molecule has 0 fully saturated rings. The van der Waals surface area contributed by atoms with E-state index in [2.05, 4.69) is 40.1 Å². The van der Waals surface area contributed by atoms with Crippen molar-refractivity contribution in [2.45, 2.75) is 124 Å². The van der Waals surface area contributed by atoms with Gasteiger partial charge in [-0.25, -0.2) is 0 Å². The van der Waals surface area contributed by atoms with Crippen molar-refractivity contribution in [2.24, 2.45) is 0 Å². The van der Waals surface area contributed by atoms with Crippen LogP contribution in [0.15, 0.2) is 12.7 Å². The molecule has 0 N–H and O–H groups in total. The second-order valence-corrected chi connectivity index (χ2v) is 16.8. The summed E-state index contributed by atoms with van der Waals surface area (Å²) in [5.41, 5.74) is 0. The maximum atomic E-state index is 4.15. The molecule has 27 heavy (non-hydrogen) atoms. The average Bonchev–Trinajstić information content (AvgIpc) is 2.66. The van der Waals surface area contributed by atoms with E-state index in [4.69, 9.17) is 0 Å². The zero-order chi connectivity index (χ0) is 20.3. The molecule has 1 heteroatoms. The van der Waals surface area contributed by atoms with Crippen molar-refractivity contribution in [3.8, 4) is 0 Å². The first-order chi connectivity index (χ1) is 13.0. The average molecular weight is 399 g/mol. The first kappa shape index (κ1) is 27.2. The van der Waals surface area contributed by atoms with Gasteiger partial charge in [0.1, 0.15) is 0 Å². The van der Waals surface area contributed by atoms with Crippen LogP contribution in [0.5, 0.6) is 0 Å². The molecule has 0 saturated carbocycles. The zero-order valence-corrected chi connectivity index (χ0v) is 20.8. The topological polar surface area (TPSA) is 0 Å². The minimum atomic E-state index is -1.54. The van der Waals surface area contributed by atoms with Gasteiger partial charge in [0.05, 0.1) is 0 Å². The summed E-state index contributed by atoms with van der Waals surface area (Å²) in [4.78, 5) is 0. The molecule has 0 nitrogen and oxygen atoms in total. The zero-order valence-electron chi connectivity index (χ0n) is 19.9. The van der Waals surface area contributed by atoms with Gasteiger partial charge < -0.3 is 0 Å². The molecule has 0 saturated heterocycles. The Bertz CT molecular complexity index is 325. The fourth-order valence-electron chi connectivity index (χ4n) is 4.76. The first-order valence-electron chi connectivity index (χ1n) is 12.6. The third-order valence-corrected chi connectivity index (χ3v) is 13.4. The van der Waals surface area contributed by atoms with Crippen LogP contribution in [0, 0.1) is 0 Å². The Labute approximate surface area is 174 Å². The molecule has 0 aromatic rings. The number of allylic oxidation sites excluding steroid dienone is 1. The van der Waals surface area contributed by atoms with Crippen LogP contribution in [0.1, 0.15) is 124 Å². The van der Waals surface area contributed by atoms with Gasteiger partial charge in [0.25, 0.3) is 0 Å². The van der Waals surface area contributed by atoms with Crippen LogP contribution in [-0.4, -0.2) is 31.3 Å². The Hall–Kier alpha value is 0.170. The minimum Gasteiger partial charge on any atom is -0.0654 e. The van der Waals surface area contributed by atoms with Crippen LogP contribution in [0.2, 0.25) is 0 Å². The van der Waals surface area contributed by atoms with Crippen LogP contribution in [0.4, 0.5) is 0 Å². The Balaban J connectivity index is 4.03. The molecular formula is C26H55P. The van der Waals surface area contributed by atoms with Crippen molar-refractivity contribution < 1.29 is 0 Å². The van der Waals surface area contributed by atoms with Gasteiger partial charge >= 0.3 is 161 Å². The number of hydrogen-bond donors (Lipinski definition) is 0. The van der Waals surface area contributed by atoms with E-state index >= 15 is 0 Å². The summed E-state index contributed by atoms with van der Waals surface area (Å²) in [6.45, 7) is 12.4. The molecule has 0 aliphatic rings. The first-order valence-corrected chi connectivity index (χ1v) is 16.1. The molecular weight excluding hydrogens is 343 g/mol. The summed E-state index contributed by atoms with van der Waals surface area (Å²) in [5, 5.41) is 0. The van der Waals surface area contributed by atoms with E-state index in [0.717, 1.165) is 0 Å². The summed E-state index contributed by atoms with van der Waals surface area (Å²) >= 11 is 0. The Kier molecular flexibility index (Phi) is 17.2. The smallest absolute Gasteiger partial charge is 0.0654 e. The van der Waals surface area contributed by atoms with Gasteiger partial charge in [-0.2, -0.15) is 0 Å². The van der Waals surface area contributed by atoms with Gasteiger partial charge in [0, 0.05) is 0 Å². The predicted octanol–water partition coefficient (Wildman–Crippen LogP) is 9.66. The normalized spacial score (nSPS) is 13.4. The molecule has 0 rings (SSSR count). The molecule has 0 amide bonds. The monoisotopic (exact) mass is 398 g/mol.